The Morgan fingerprint density at radius 2 is 2.27 bits per heavy atom. The number of benzene rings is 1. The predicted molar refractivity (Wildman–Crippen MR) is 88.7 cm³/mol. The highest BCUT2D eigenvalue weighted by molar-refractivity contribution is 9.10. The van der Waals surface area contributed by atoms with Gasteiger partial charge in [0, 0.05) is 22.8 Å². The summed E-state index contributed by atoms with van der Waals surface area (Å²) in [6, 6.07) is 5.84. The van der Waals surface area contributed by atoms with Gasteiger partial charge in [0.05, 0.1) is 23.2 Å². The Hall–Kier alpha value is -1.86. The normalized spacial score (nSPS) is 11.0. The van der Waals surface area contributed by atoms with E-state index in [1.54, 1.807) is 0 Å². The van der Waals surface area contributed by atoms with Crippen LogP contribution < -0.4 is 4.74 Å². The third kappa shape index (κ3) is 3.00. The van der Waals surface area contributed by atoms with Crippen molar-refractivity contribution in [3.05, 3.63) is 39.9 Å². The van der Waals surface area contributed by atoms with Crippen LogP contribution in [0.1, 0.15) is 11.8 Å². The molecule has 1 N–H and O–H groups in total. The molecule has 114 valence electrons. The van der Waals surface area contributed by atoms with E-state index in [0.717, 1.165) is 31.3 Å². The first kappa shape index (κ1) is 15.1. The molecule has 0 aliphatic carbocycles. The lowest BCUT2D eigenvalue weighted by Gasteiger charge is -2.06. The number of fused-ring (bicyclic) bond motifs is 1. The Balaban J connectivity index is 1.91. The zero-order chi connectivity index (χ0) is 15.7. The molecular weight excluding hydrogens is 368 g/mol. The van der Waals surface area contributed by atoms with E-state index in [4.69, 9.17) is 9.84 Å². The van der Waals surface area contributed by atoms with Crippen molar-refractivity contribution in [1.82, 2.24) is 9.38 Å². The van der Waals surface area contributed by atoms with Crippen molar-refractivity contribution in [3.63, 3.8) is 0 Å². The smallest absolute Gasteiger partial charge is 0.308 e. The van der Waals surface area contributed by atoms with Gasteiger partial charge in [0.25, 0.3) is 0 Å². The fourth-order valence-electron chi connectivity index (χ4n) is 2.15. The summed E-state index contributed by atoms with van der Waals surface area (Å²) in [5.41, 5.74) is 1.82. The molecule has 7 heteroatoms. The molecule has 0 amide bonds. The quantitative estimate of drug-likeness (QED) is 0.729. The van der Waals surface area contributed by atoms with E-state index in [1.165, 1.54) is 11.3 Å². The van der Waals surface area contributed by atoms with Crippen LogP contribution in [0.15, 0.2) is 35.1 Å². The summed E-state index contributed by atoms with van der Waals surface area (Å²) >= 11 is 4.89. The summed E-state index contributed by atoms with van der Waals surface area (Å²) in [6.45, 7) is 2.56. The number of carboxylic acid groups (broad SMARTS) is 1. The molecule has 0 spiro atoms. The zero-order valence-corrected chi connectivity index (χ0v) is 14.1. The van der Waals surface area contributed by atoms with E-state index < -0.39 is 5.97 Å². The van der Waals surface area contributed by atoms with Crippen LogP contribution in [0.3, 0.4) is 0 Å². The zero-order valence-electron chi connectivity index (χ0n) is 11.7. The molecule has 0 saturated carbocycles. The van der Waals surface area contributed by atoms with Gasteiger partial charge in [-0.25, -0.2) is 4.98 Å². The first-order valence-electron chi connectivity index (χ1n) is 6.68. The summed E-state index contributed by atoms with van der Waals surface area (Å²) in [4.78, 5) is 16.9. The highest BCUT2D eigenvalue weighted by Crippen LogP contribution is 2.31. The summed E-state index contributed by atoms with van der Waals surface area (Å²) in [6.07, 6.45) is 3.74. The summed E-state index contributed by atoms with van der Waals surface area (Å²) in [5, 5.41) is 8.82. The summed E-state index contributed by atoms with van der Waals surface area (Å²) in [7, 11) is 0. The molecule has 2 aromatic heterocycles. The minimum absolute atomic E-state index is 0.0258. The number of aliphatic carboxylic acids is 1. The molecule has 3 aromatic rings. The standard InChI is InChI=1S/C15H13BrN2O3S/c1-2-21-13-4-3-9(5-11(13)16)12-8-18-7-10(6-14(19)20)22-15(18)17-12/h3-5,7-8H,2,6H2,1H3,(H,19,20). The number of hydrogen-bond donors (Lipinski definition) is 1. The Morgan fingerprint density at radius 1 is 1.45 bits per heavy atom. The molecule has 3 rings (SSSR count). The highest BCUT2D eigenvalue weighted by atomic mass is 79.9. The van der Waals surface area contributed by atoms with Crippen molar-refractivity contribution in [1.29, 1.82) is 0 Å². The molecule has 1 aromatic carbocycles. The molecule has 2 heterocycles. The van der Waals surface area contributed by atoms with E-state index in [9.17, 15) is 4.79 Å². The first-order chi connectivity index (χ1) is 10.6. The summed E-state index contributed by atoms with van der Waals surface area (Å²) < 4.78 is 8.25. The average molecular weight is 381 g/mol. The van der Waals surface area contributed by atoms with E-state index in [0.29, 0.717) is 6.61 Å². The minimum Gasteiger partial charge on any atom is -0.493 e. The monoisotopic (exact) mass is 380 g/mol. The molecule has 0 aliphatic heterocycles. The Labute approximate surface area is 139 Å². The van der Waals surface area contributed by atoms with Gasteiger partial charge in [0.2, 0.25) is 0 Å². The second-order valence-electron chi connectivity index (χ2n) is 4.66. The van der Waals surface area contributed by atoms with Gasteiger partial charge < -0.3 is 9.84 Å². The first-order valence-corrected chi connectivity index (χ1v) is 8.29. The molecule has 5 nitrogen and oxygen atoms in total. The number of nitrogens with zero attached hydrogens (tertiary/aromatic N) is 2. The third-order valence-electron chi connectivity index (χ3n) is 3.06. The Morgan fingerprint density at radius 3 is 2.91 bits per heavy atom. The number of aromatic nitrogens is 2. The Kier molecular flexibility index (Phi) is 4.17. The van der Waals surface area contributed by atoms with Crippen molar-refractivity contribution in [2.45, 2.75) is 13.3 Å². The number of ether oxygens (including phenoxy) is 1. The molecule has 0 bridgehead atoms. The number of thiazole rings is 1. The number of carbonyl (C=O) groups is 1. The maximum absolute atomic E-state index is 10.7. The predicted octanol–water partition coefficient (Wildman–Crippen LogP) is 3.85. The number of imidazole rings is 1. The van der Waals surface area contributed by atoms with Gasteiger partial charge in [-0.15, -0.1) is 11.3 Å². The molecule has 0 fully saturated rings. The van der Waals surface area contributed by atoms with Gasteiger partial charge in [-0.05, 0) is 41.1 Å². The molecular formula is C15H13BrN2O3S. The maximum Gasteiger partial charge on any atom is 0.308 e. The van der Waals surface area contributed by atoms with E-state index >= 15 is 0 Å². The number of rotatable bonds is 5. The fraction of sp³-hybridized carbons (Fsp3) is 0.200. The van der Waals surface area contributed by atoms with E-state index in [1.807, 2.05) is 41.9 Å². The number of halogens is 1. The topological polar surface area (TPSA) is 63.8 Å². The van der Waals surface area contributed by atoms with Gasteiger partial charge in [0.15, 0.2) is 4.96 Å². The van der Waals surface area contributed by atoms with Gasteiger partial charge >= 0.3 is 5.97 Å². The van der Waals surface area contributed by atoms with Crippen LogP contribution in [0.5, 0.6) is 5.75 Å². The van der Waals surface area contributed by atoms with Crippen LogP contribution in [0.25, 0.3) is 16.2 Å². The van der Waals surface area contributed by atoms with Crippen LogP contribution in [-0.4, -0.2) is 27.1 Å². The summed E-state index contributed by atoms with van der Waals surface area (Å²) in [5.74, 6) is -0.0313. The Bertz CT molecular complexity index is 809. The highest BCUT2D eigenvalue weighted by Gasteiger charge is 2.11. The lowest BCUT2D eigenvalue weighted by atomic mass is 10.1. The van der Waals surface area contributed by atoms with Crippen LogP contribution in [-0.2, 0) is 11.2 Å². The third-order valence-corrected chi connectivity index (χ3v) is 4.67. The minimum atomic E-state index is -0.833. The molecule has 22 heavy (non-hydrogen) atoms. The maximum atomic E-state index is 10.7. The molecule has 0 aliphatic rings. The van der Waals surface area contributed by atoms with Gasteiger partial charge in [-0.1, -0.05) is 0 Å². The van der Waals surface area contributed by atoms with Crippen molar-refractivity contribution in [2.24, 2.45) is 0 Å². The average Bonchev–Trinajstić information content (AvgIpc) is 2.98. The second-order valence-corrected chi connectivity index (χ2v) is 6.61. The van der Waals surface area contributed by atoms with Crippen molar-refractivity contribution in [3.8, 4) is 17.0 Å². The van der Waals surface area contributed by atoms with Gasteiger partial charge in [0.1, 0.15) is 5.75 Å². The van der Waals surface area contributed by atoms with Crippen LogP contribution in [0.2, 0.25) is 0 Å². The largest absolute Gasteiger partial charge is 0.493 e. The van der Waals surface area contributed by atoms with Crippen molar-refractivity contribution in [2.75, 3.05) is 6.61 Å². The van der Waals surface area contributed by atoms with Gasteiger partial charge in [-0.3, -0.25) is 9.20 Å². The van der Waals surface area contributed by atoms with E-state index in [-0.39, 0.29) is 6.42 Å². The van der Waals surface area contributed by atoms with Crippen molar-refractivity contribution < 1.29 is 14.6 Å². The SMILES string of the molecule is CCOc1ccc(-c2cn3cc(CC(=O)O)sc3n2)cc1Br. The lowest BCUT2D eigenvalue weighted by Crippen LogP contribution is -1.97. The second kappa shape index (κ2) is 6.10. The van der Waals surface area contributed by atoms with Crippen LogP contribution in [0, 0.1) is 0 Å². The van der Waals surface area contributed by atoms with E-state index in [2.05, 4.69) is 20.9 Å². The molecule has 0 unspecified atom stereocenters. The van der Waals surface area contributed by atoms with Crippen molar-refractivity contribution >= 4 is 38.2 Å². The van der Waals surface area contributed by atoms with Crippen LogP contribution >= 0.6 is 27.3 Å². The van der Waals surface area contributed by atoms with Gasteiger partial charge in [-0.2, -0.15) is 0 Å². The number of carboxylic acids is 1. The molecule has 0 atom stereocenters. The fourth-order valence-corrected chi connectivity index (χ4v) is 3.59. The number of hydrogen-bond acceptors (Lipinski definition) is 4. The van der Waals surface area contributed by atoms with Crippen LogP contribution in [0.4, 0.5) is 0 Å². The lowest BCUT2D eigenvalue weighted by molar-refractivity contribution is -0.136. The molecule has 0 radical (unpaired) electrons. The molecule has 0 saturated heterocycles.